The Labute approximate surface area is 167 Å². The quantitative estimate of drug-likeness (QED) is 0.662. The molecule has 1 amide bonds. The highest BCUT2D eigenvalue weighted by molar-refractivity contribution is 8.18. The van der Waals surface area contributed by atoms with E-state index in [0.717, 1.165) is 5.56 Å². The number of aliphatic imine (C=N–C) groups is 1. The summed E-state index contributed by atoms with van der Waals surface area (Å²) in [7, 11) is 3.17. The van der Waals surface area contributed by atoms with E-state index in [0.29, 0.717) is 38.8 Å². The van der Waals surface area contributed by atoms with Gasteiger partial charge in [0, 0.05) is 11.6 Å². The first-order chi connectivity index (χ1) is 13.0. The van der Waals surface area contributed by atoms with E-state index in [9.17, 15) is 4.79 Å². The summed E-state index contributed by atoms with van der Waals surface area (Å²) in [5, 5.41) is 1.24. The average molecular weight is 403 g/mol. The standard InChI is InChI=1S/C20H19ClN2O3S/c1-4-23-19(24)18(11-13-8-9-16(25-2)17(10-13)26-3)27-20(23)22-15-7-5-6-14(21)12-15/h5-12H,4H2,1-3H3/b18-11+,22-20?. The lowest BCUT2D eigenvalue weighted by Crippen LogP contribution is -2.28. The fourth-order valence-corrected chi connectivity index (χ4v) is 3.87. The SMILES string of the molecule is CCN1C(=O)/C(=C\c2ccc(OC)c(OC)c2)SC1=Nc1cccc(Cl)c1. The van der Waals surface area contributed by atoms with Crippen molar-refractivity contribution >= 4 is 46.2 Å². The highest BCUT2D eigenvalue weighted by atomic mass is 35.5. The number of carbonyl (C=O) groups excluding carboxylic acids is 1. The van der Waals surface area contributed by atoms with E-state index in [1.165, 1.54) is 11.8 Å². The number of ether oxygens (including phenoxy) is 2. The predicted molar refractivity (Wildman–Crippen MR) is 111 cm³/mol. The van der Waals surface area contributed by atoms with E-state index in [1.54, 1.807) is 31.3 Å². The van der Waals surface area contributed by atoms with Gasteiger partial charge in [0.1, 0.15) is 0 Å². The molecule has 1 aliphatic heterocycles. The van der Waals surface area contributed by atoms with Crippen LogP contribution in [0.3, 0.4) is 0 Å². The molecule has 0 N–H and O–H groups in total. The summed E-state index contributed by atoms with van der Waals surface area (Å²) < 4.78 is 10.6. The molecule has 0 radical (unpaired) electrons. The molecule has 0 aromatic heterocycles. The van der Waals surface area contributed by atoms with Gasteiger partial charge >= 0.3 is 0 Å². The highest BCUT2D eigenvalue weighted by Crippen LogP contribution is 2.35. The van der Waals surface area contributed by atoms with E-state index in [1.807, 2.05) is 43.3 Å². The summed E-state index contributed by atoms with van der Waals surface area (Å²) in [4.78, 5) is 19.6. The van der Waals surface area contributed by atoms with Crippen LogP contribution in [0.4, 0.5) is 5.69 Å². The molecule has 1 fully saturated rings. The molecular formula is C20H19ClN2O3S. The van der Waals surface area contributed by atoms with Crippen LogP contribution in [-0.2, 0) is 4.79 Å². The number of benzene rings is 2. The number of amidine groups is 1. The zero-order valence-corrected chi connectivity index (χ0v) is 16.8. The second-order valence-electron chi connectivity index (χ2n) is 5.65. The summed E-state index contributed by atoms with van der Waals surface area (Å²) in [6.45, 7) is 2.46. The molecule has 2 aromatic rings. The Balaban J connectivity index is 1.93. The first-order valence-electron chi connectivity index (χ1n) is 8.33. The molecule has 1 aliphatic rings. The molecule has 0 aliphatic carbocycles. The topological polar surface area (TPSA) is 51.1 Å². The number of rotatable bonds is 5. The summed E-state index contributed by atoms with van der Waals surface area (Å²) in [6, 6.07) is 12.8. The zero-order chi connectivity index (χ0) is 19.4. The van der Waals surface area contributed by atoms with Crippen molar-refractivity contribution in [2.75, 3.05) is 20.8 Å². The van der Waals surface area contributed by atoms with Crippen molar-refractivity contribution < 1.29 is 14.3 Å². The molecule has 7 heteroatoms. The Hall–Kier alpha value is -2.44. The van der Waals surface area contributed by atoms with Crippen LogP contribution in [0.15, 0.2) is 52.4 Å². The van der Waals surface area contributed by atoms with Crippen molar-refractivity contribution in [1.82, 2.24) is 4.90 Å². The minimum Gasteiger partial charge on any atom is -0.493 e. The molecule has 0 saturated carbocycles. The Bertz CT molecular complexity index is 927. The molecule has 0 spiro atoms. The van der Waals surface area contributed by atoms with Crippen LogP contribution in [0, 0.1) is 0 Å². The fraction of sp³-hybridized carbons (Fsp3) is 0.200. The van der Waals surface area contributed by atoms with Crippen LogP contribution in [0.2, 0.25) is 5.02 Å². The van der Waals surface area contributed by atoms with Crippen molar-refractivity contribution in [3.05, 3.63) is 58.0 Å². The molecule has 27 heavy (non-hydrogen) atoms. The number of carbonyl (C=O) groups is 1. The smallest absolute Gasteiger partial charge is 0.266 e. The van der Waals surface area contributed by atoms with E-state index in [-0.39, 0.29) is 5.91 Å². The number of hydrogen-bond acceptors (Lipinski definition) is 5. The minimum absolute atomic E-state index is 0.0712. The first kappa shape index (κ1) is 19.3. The van der Waals surface area contributed by atoms with Gasteiger partial charge in [0.2, 0.25) is 0 Å². The van der Waals surface area contributed by atoms with Crippen LogP contribution in [0.25, 0.3) is 6.08 Å². The lowest BCUT2D eigenvalue weighted by molar-refractivity contribution is -0.122. The lowest BCUT2D eigenvalue weighted by Gasteiger charge is -2.12. The van der Waals surface area contributed by atoms with Crippen LogP contribution in [-0.4, -0.2) is 36.7 Å². The monoisotopic (exact) mass is 402 g/mol. The number of amides is 1. The number of halogens is 1. The van der Waals surface area contributed by atoms with Gasteiger partial charge in [-0.2, -0.15) is 0 Å². The highest BCUT2D eigenvalue weighted by Gasteiger charge is 2.32. The Kier molecular flexibility index (Phi) is 6.08. The Morgan fingerprint density at radius 2 is 1.93 bits per heavy atom. The summed E-state index contributed by atoms with van der Waals surface area (Å²) >= 11 is 7.37. The van der Waals surface area contributed by atoms with E-state index in [4.69, 9.17) is 21.1 Å². The minimum atomic E-state index is -0.0712. The van der Waals surface area contributed by atoms with E-state index in [2.05, 4.69) is 4.99 Å². The molecule has 0 unspecified atom stereocenters. The van der Waals surface area contributed by atoms with Crippen molar-refractivity contribution in [2.24, 2.45) is 4.99 Å². The van der Waals surface area contributed by atoms with Crippen molar-refractivity contribution in [3.8, 4) is 11.5 Å². The molecule has 0 bridgehead atoms. The maximum absolute atomic E-state index is 12.8. The number of thioether (sulfide) groups is 1. The molecule has 140 valence electrons. The second-order valence-corrected chi connectivity index (χ2v) is 7.09. The number of methoxy groups -OCH3 is 2. The fourth-order valence-electron chi connectivity index (χ4n) is 2.62. The first-order valence-corrected chi connectivity index (χ1v) is 9.53. The average Bonchev–Trinajstić information content (AvgIpc) is 2.95. The number of hydrogen-bond donors (Lipinski definition) is 0. The Morgan fingerprint density at radius 3 is 2.59 bits per heavy atom. The van der Waals surface area contributed by atoms with Crippen LogP contribution >= 0.6 is 23.4 Å². The van der Waals surface area contributed by atoms with Crippen LogP contribution in [0.5, 0.6) is 11.5 Å². The molecule has 3 rings (SSSR count). The second kappa shape index (κ2) is 8.50. The van der Waals surface area contributed by atoms with Crippen molar-refractivity contribution in [2.45, 2.75) is 6.92 Å². The van der Waals surface area contributed by atoms with Crippen LogP contribution < -0.4 is 9.47 Å². The third kappa shape index (κ3) is 4.28. The van der Waals surface area contributed by atoms with Gasteiger partial charge in [-0.15, -0.1) is 0 Å². The molecule has 0 atom stereocenters. The van der Waals surface area contributed by atoms with Crippen molar-refractivity contribution in [3.63, 3.8) is 0 Å². The van der Waals surface area contributed by atoms with Gasteiger partial charge in [0.05, 0.1) is 24.8 Å². The molecular weight excluding hydrogens is 384 g/mol. The Morgan fingerprint density at radius 1 is 1.15 bits per heavy atom. The van der Waals surface area contributed by atoms with Gasteiger partial charge in [-0.1, -0.05) is 23.7 Å². The van der Waals surface area contributed by atoms with Crippen LogP contribution in [0.1, 0.15) is 12.5 Å². The predicted octanol–water partition coefficient (Wildman–Crippen LogP) is 4.98. The van der Waals surface area contributed by atoms with Gasteiger partial charge in [0.15, 0.2) is 16.7 Å². The third-order valence-electron chi connectivity index (χ3n) is 3.94. The van der Waals surface area contributed by atoms with E-state index < -0.39 is 0 Å². The van der Waals surface area contributed by atoms with Gasteiger partial charge in [-0.3, -0.25) is 9.69 Å². The normalized spacial score (nSPS) is 17.0. The van der Waals surface area contributed by atoms with E-state index >= 15 is 0 Å². The zero-order valence-electron chi connectivity index (χ0n) is 15.2. The molecule has 2 aromatic carbocycles. The summed E-state index contributed by atoms with van der Waals surface area (Å²) in [6.07, 6.45) is 1.83. The number of nitrogens with zero attached hydrogens (tertiary/aromatic N) is 2. The maximum Gasteiger partial charge on any atom is 0.266 e. The number of likely N-dealkylation sites (N-methyl/N-ethyl adjacent to an activating group) is 1. The van der Waals surface area contributed by atoms with Gasteiger partial charge < -0.3 is 9.47 Å². The third-order valence-corrected chi connectivity index (χ3v) is 5.18. The van der Waals surface area contributed by atoms with Crippen molar-refractivity contribution in [1.29, 1.82) is 0 Å². The summed E-state index contributed by atoms with van der Waals surface area (Å²) in [5.41, 5.74) is 1.56. The molecule has 1 saturated heterocycles. The molecule has 5 nitrogen and oxygen atoms in total. The lowest BCUT2D eigenvalue weighted by atomic mass is 10.2. The molecule has 1 heterocycles. The maximum atomic E-state index is 12.8. The summed E-state index contributed by atoms with van der Waals surface area (Å²) in [5.74, 6) is 1.18. The largest absolute Gasteiger partial charge is 0.493 e. The van der Waals surface area contributed by atoms with Gasteiger partial charge in [-0.25, -0.2) is 4.99 Å². The van der Waals surface area contributed by atoms with Gasteiger partial charge in [0.25, 0.3) is 5.91 Å². The van der Waals surface area contributed by atoms with Gasteiger partial charge in [-0.05, 0) is 60.7 Å².